The van der Waals surface area contributed by atoms with E-state index >= 15 is 0 Å². The van der Waals surface area contributed by atoms with E-state index in [0.717, 1.165) is 0 Å². The molecule has 0 saturated carbocycles. The zero-order valence-corrected chi connectivity index (χ0v) is 19.1. The van der Waals surface area contributed by atoms with E-state index in [-0.39, 0.29) is 11.3 Å². The Labute approximate surface area is 195 Å². The van der Waals surface area contributed by atoms with Gasteiger partial charge in [0.25, 0.3) is 5.91 Å². The second-order valence-electron chi connectivity index (χ2n) is 7.23. The molecule has 1 heterocycles. The molecule has 0 spiro atoms. The summed E-state index contributed by atoms with van der Waals surface area (Å²) in [6.07, 6.45) is 0. The van der Waals surface area contributed by atoms with Crippen LogP contribution in [0.2, 0.25) is 0 Å². The van der Waals surface area contributed by atoms with Gasteiger partial charge in [-0.3, -0.25) is 4.79 Å². The van der Waals surface area contributed by atoms with Crippen molar-refractivity contribution in [3.05, 3.63) is 76.6 Å². The lowest BCUT2D eigenvalue weighted by Gasteiger charge is -2.15. The van der Waals surface area contributed by atoms with Crippen LogP contribution < -0.4 is 29.9 Å². The molecule has 0 aliphatic rings. The molecular formula is C26H23NO7. The quantitative estimate of drug-likeness (QED) is 0.397. The molecule has 0 saturated heterocycles. The monoisotopic (exact) mass is 461 g/mol. The first kappa shape index (κ1) is 22.7. The number of fused-ring (bicyclic) bond motifs is 1. The summed E-state index contributed by atoms with van der Waals surface area (Å²) in [6, 6.07) is 17.3. The molecule has 8 nitrogen and oxygen atoms in total. The Morgan fingerprint density at radius 2 is 1.47 bits per heavy atom. The van der Waals surface area contributed by atoms with Crippen molar-refractivity contribution in [2.24, 2.45) is 0 Å². The van der Waals surface area contributed by atoms with E-state index in [0.29, 0.717) is 45.1 Å². The summed E-state index contributed by atoms with van der Waals surface area (Å²) in [5, 5.41) is 3.40. The van der Waals surface area contributed by atoms with Crippen molar-refractivity contribution < 1.29 is 28.2 Å². The van der Waals surface area contributed by atoms with Gasteiger partial charge in [0.1, 0.15) is 17.0 Å². The second-order valence-corrected chi connectivity index (χ2v) is 7.23. The van der Waals surface area contributed by atoms with Gasteiger partial charge in [-0.05, 0) is 35.9 Å². The molecule has 1 N–H and O–H groups in total. The van der Waals surface area contributed by atoms with Crippen LogP contribution in [-0.4, -0.2) is 34.3 Å². The first-order valence-electron chi connectivity index (χ1n) is 10.3. The van der Waals surface area contributed by atoms with E-state index in [1.807, 2.05) is 24.3 Å². The number of anilines is 1. The molecular weight excluding hydrogens is 438 g/mol. The SMILES string of the molecule is COc1ccc(-c2c(NC(=O)c3cc(OC)c(OC)c(OC)c3)c(=O)oc3ccccc23)cc1. The van der Waals surface area contributed by atoms with Crippen molar-refractivity contribution in [1.29, 1.82) is 0 Å². The van der Waals surface area contributed by atoms with Crippen LogP contribution in [0.3, 0.4) is 0 Å². The summed E-state index contributed by atoms with van der Waals surface area (Å²) in [6.45, 7) is 0. The van der Waals surface area contributed by atoms with Crippen LogP contribution in [0, 0.1) is 0 Å². The van der Waals surface area contributed by atoms with Crippen LogP contribution in [0.4, 0.5) is 5.69 Å². The van der Waals surface area contributed by atoms with E-state index in [1.165, 1.54) is 33.5 Å². The molecule has 0 aliphatic carbocycles. The summed E-state index contributed by atoms with van der Waals surface area (Å²) in [7, 11) is 5.96. The zero-order chi connectivity index (χ0) is 24.2. The lowest BCUT2D eigenvalue weighted by atomic mass is 9.99. The third-order valence-corrected chi connectivity index (χ3v) is 5.36. The van der Waals surface area contributed by atoms with Gasteiger partial charge in [0.2, 0.25) is 5.75 Å². The highest BCUT2D eigenvalue weighted by Gasteiger charge is 2.22. The largest absolute Gasteiger partial charge is 0.497 e. The Balaban J connectivity index is 1.86. The van der Waals surface area contributed by atoms with E-state index in [9.17, 15) is 9.59 Å². The number of ether oxygens (including phenoxy) is 4. The van der Waals surface area contributed by atoms with Gasteiger partial charge in [0, 0.05) is 16.5 Å². The number of methoxy groups -OCH3 is 4. The number of rotatable bonds is 7. The van der Waals surface area contributed by atoms with Crippen molar-refractivity contribution in [2.45, 2.75) is 0 Å². The maximum absolute atomic E-state index is 13.3. The normalized spacial score (nSPS) is 10.6. The summed E-state index contributed by atoms with van der Waals surface area (Å²) in [4.78, 5) is 26.2. The predicted octanol–water partition coefficient (Wildman–Crippen LogP) is 4.75. The fraction of sp³-hybridized carbons (Fsp3) is 0.154. The minimum absolute atomic E-state index is 0.0163. The van der Waals surface area contributed by atoms with Crippen molar-refractivity contribution in [1.82, 2.24) is 0 Å². The van der Waals surface area contributed by atoms with Gasteiger partial charge in [-0.2, -0.15) is 0 Å². The molecule has 8 heteroatoms. The molecule has 1 aromatic heterocycles. The Hall–Kier alpha value is -4.46. The molecule has 3 aromatic carbocycles. The van der Waals surface area contributed by atoms with Crippen LogP contribution in [0.15, 0.2) is 69.9 Å². The number of nitrogens with one attached hydrogen (secondary N) is 1. The maximum atomic E-state index is 13.3. The van der Waals surface area contributed by atoms with E-state index in [2.05, 4.69) is 5.32 Å². The first-order valence-corrected chi connectivity index (χ1v) is 10.3. The Morgan fingerprint density at radius 1 is 0.824 bits per heavy atom. The maximum Gasteiger partial charge on any atom is 0.360 e. The van der Waals surface area contributed by atoms with E-state index < -0.39 is 11.5 Å². The van der Waals surface area contributed by atoms with Crippen LogP contribution in [0.25, 0.3) is 22.1 Å². The number of benzene rings is 3. The topological polar surface area (TPSA) is 96.2 Å². The van der Waals surface area contributed by atoms with Gasteiger partial charge in [-0.1, -0.05) is 30.3 Å². The van der Waals surface area contributed by atoms with Crippen molar-refractivity contribution in [2.75, 3.05) is 33.8 Å². The number of para-hydroxylation sites is 1. The predicted molar refractivity (Wildman–Crippen MR) is 129 cm³/mol. The fourth-order valence-electron chi connectivity index (χ4n) is 3.72. The molecule has 0 bridgehead atoms. The molecule has 4 rings (SSSR count). The number of amides is 1. The number of carbonyl (C=O) groups excluding carboxylic acids is 1. The van der Waals surface area contributed by atoms with Crippen molar-refractivity contribution >= 4 is 22.6 Å². The number of carbonyl (C=O) groups is 1. The molecule has 4 aromatic rings. The fourth-order valence-corrected chi connectivity index (χ4v) is 3.72. The van der Waals surface area contributed by atoms with Crippen molar-refractivity contribution in [3.63, 3.8) is 0 Å². The molecule has 1 amide bonds. The molecule has 0 fully saturated rings. The van der Waals surface area contributed by atoms with E-state index in [4.69, 9.17) is 23.4 Å². The molecule has 0 unspecified atom stereocenters. The van der Waals surface area contributed by atoms with Gasteiger partial charge < -0.3 is 28.7 Å². The van der Waals surface area contributed by atoms with Gasteiger partial charge in [0.05, 0.1) is 28.4 Å². The molecule has 0 radical (unpaired) electrons. The van der Waals surface area contributed by atoms with E-state index in [1.54, 1.807) is 31.4 Å². The van der Waals surface area contributed by atoms with Gasteiger partial charge >= 0.3 is 5.63 Å². The average molecular weight is 461 g/mol. The molecule has 174 valence electrons. The second kappa shape index (κ2) is 9.58. The summed E-state index contributed by atoms with van der Waals surface area (Å²) >= 11 is 0. The summed E-state index contributed by atoms with van der Waals surface area (Å²) in [5.41, 5.74) is 1.21. The Kier molecular flexibility index (Phi) is 6.40. The Morgan fingerprint density at radius 3 is 2.06 bits per heavy atom. The van der Waals surface area contributed by atoms with Crippen LogP contribution in [0.1, 0.15) is 10.4 Å². The van der Waals surface area contributed by atoms with Gasteiger partial charge in [-0.15, -0.1) is 0 Å². The lowest BCUT2D eigenvalue weighted by molar-refractivity contribution is 0.102. The van der Waals surface area contributed by atoms with Crippen LogP contribution in [0.5, 0.6) is 23.0 Å². The van der Waals surface area contributed by atoms with Gasteiger partial charge in [0.15, 0.2) is 11.5 Å². The van der Waals surface area contributed by atoms with Gasteiger partial charge in [-0.25, -0.2) is 4.79 Å². The molecule has 34 heavy (non-hydrogen) atoms. The van der Waals surface area contributed by atoms with Crippen LogP contribution in [-0.2, 0) is 0 Å². The zero-order valence-electron chi connectivity index (χ0n) is 19.1. The highest BCUT2D eigenvalue weighted by Crippen LogP contribution is 2.39. The van der Waals surface area contributed by atoms with Crippen molar-refractivity contribution in [3.8, 4) is 34.1 Å². The minimum atomic E-state index is -0.676. The minimum Gasteiger partial charge on any atom is -0.497 e. The standard InChI is InChI=1S/C26H23NO7/c1-30-17-11-9-15(10-12-17)22-18-7-5-6-8-19(18)34-26(29)23(22)27-25(28)16-13-20(31-2)24(33-4)21(14-16)32-3/h5-14H,1-4H3,(H,27,28). The van der Waals surface area contributed by atoms with Crippen LogP contribution >= 0.6 is 0 Å². The third kappa shape index (κ3) is 4.13. The molecule has 0 aliphatic heterocycles. The highest BCUT2D eigenvalue weighted by molar-refractivity contribution is 6.10. The average Bonchev–Trinajstić information content (AvgIpc) is 2.88. The molecule has 0 atom stereocenters. The summed E-state index contributed by atoms with van der Waals surface area (Å²) in [5.74, 6) is 1.10. The summed E-state index contributed by atoms with van der Waals surface area (Å²) < 4.78 is 26.7. The number of hydrogen-bond donors (Lipinski definition) is 1. The smallest absolute Gasteiger partial charge is 0.360 e. The first-order chi connectivity index (χ1) is 16.5. The highest BCUT2D eigenvalue weighted by atomic mass is 16.5. The Bertz CT molecular complexity index is 1380. The lowest BCUT2D eigenvalue weighted by Crippen LogP contribution is -2.19. The third-order valence-electron chi connectivity index (χ3n) is 5.36. The number of hydrogen-bond acceptors (Lipinski definition) is 7.